The summed E-state index contributed by atoms with van der Waals surface area (Å²) in [4.78, 5) is 24.6. The van der Waals surface area contributed by atoms with Gasteiger partial charge in [0.2, 0.25) is 0 Å². The van der Waals surface area contributed by atoms with Crippen molar-refractivity contribution in [2.45, 2.75) is 33.1 Å². The van der Waals surface area contributed by atoms with Crippen molar-refractivity contribution in [2.75, 3.05) is 19.5 Å². The van der Waals surface area contributed by atoms with Crippen molar-refractivity contribution < 1.29 is 19.1 Å². The Bertz CT molecular complexity index is 652. The minimum atomic E-state index is -0.676. The fraction of sp³-hybridized carbons (Fsp3) is 0.529. The molecule has 0 unspecified atom stereocenters. The Morgan fingerprint density at radius 2 is 1.79 bits per heavy atom. The standard InChI is InChI=1S/C17H20N2O4S/c1-4-22-16(20)13(9-18)11-7-6-8-12(11)15(24-3)14(10-19)17(21)23-5-2/h12H,4-8H2,1-3H3/b13-11+,15-14+/t12-/m1/s1. The third-order valence-corrected chi connectivity index (χ3v) is 4.57. The summed E-state index contributed by atoms with van der Waals surface area (Å²) in [7, 11) is 0. The lowest BCUT2D eigenvalue weighted by atomic mass is 9.95. The molecule has 1 fully saturated rings. The van der Waals surface area contributed by atoms with Crippen molar-refractivity contribution in [3.63, 3.8) is 0 Å². The number of nitriles is 2. The van der Waals surface area contributed by atoms with Gasteiger partial charge in [-0.3, -0.25) is 0 Å². The Balaban J connectivity index is 3.39. The lowest BCUT2D eigenvalue weighted by Crippen LogP contribution is -2.15. The first-order valence-corrected chi connectivity index (χ1v) is 8.93. The monoisotopic (exact) mass is 348 g/mol. The number of hydrogen-bond donors (Lipinski definition) is 0. The molecule has 0 radical (unpaired) electrons. The van der Waals surface area contributed by atoms with Crippen molar-refractivity contribution >= 4 is 23.7 Å². The quantitative estimate of drug-likeness (QED) is 0.413. The van der Waals surface area contributed by atoms with E-state index in [0.29, 0.717) is 23.3 Å². The van der Waals surface area contributed by atoms with E-state index in [1.807, 2.05) is 12.1 Å². The predicted octanol–water partition coefficient (Wildman–Crippen LogP) is 2.87. The molecule has 0 amide bonds. The zero-order valence-corrected chi connectivity index (χ0v) is 14.9. The molecule has 0 N–H and O–H groups in total. The summed E-state index contributed by atoms with van der Waals surface area (Å²) < 4.78 is 9.88. The van der Waals surface area contributed by atoms with Crippen LogP contribution in [0.15, 0.2) is 21.6 Å². The molecule has 1 saturated carbocycles. The Morgan fingerprint density at radius 3 is 2.29 bits per heavy atom. The Kier molecular flexibility index (Phi) is 8.08. The summed E-state index contributed by atoms with van der Waals surface area (Å²) in [6, 6.07) is 3.83. The van der Waals surface area contributed by atoms with Crippen molar-refractivity contribution in [3.8, 4) is 12.1 Å². The lowest BCUT2D eigenvalue weighted by Gasteiger charge is -2.17. The van der Waals surface area contributed by atoms with E-state index in [1.54, 1.807) is 20.1 Å². The minimum Gasteiger partial charge on any atom is -0.462 e. The van der Waals surface area contributed by atoms with Crippen LogP contribution in [0, 0.1) is 28.6 Å². The molecule has 1 aliphatic carbocycles. The van der Waals surface area contributed by atoms with Gasteiger partial charge in [-0.05, 0) is 44.9 Å². The highest BCUT2D eigenvalue weighted by Gasteiger charge is 2.33. The average Bonchev–Trinajstić information content (AvgIpc) is 3.02. The number of esters is 2. The maximum absolute atomic E-state index is 12.0. The molecule has 0 saturated heterocycles. The topological polar surface area (TPSA) is 100 Å². The maximum Gasteiger partial charge on any atom is 0.349 e. The van der Waals surface area contributed by atoms with Gasteiger partial charge < -0.3 is 9.47 Å². The average molecular weight is 348 g/mol. The molecule has 128 valence electrons. The molecule has 1 atom stereocenters. The molecule has 1 aliphatic rings. The van der Waals surface area contributed by atoms with Crippen LogP contribution in [-0.4, -0.2) is 31.4 Å². The van der Waals surface area contributed by atoms with E-state index < -0.39 is 11.9 Å². The van der Waals surface area contributed by atoms with E-state index in [4.69, 9.17) is 9.47 Å². The van der Waals surface area contributed by atoms with E-state index in [-0.39, 0.29) is 30.3 Å². The van der Waals surface area contributed by atoms with E-state index in [0.717, 1.165) is 6.42 Å². The number of nitrogens with zero attached hydrogens (tertiary/aromatic N) is 2. The van der Waals surface area contributed by atoms with E-state index in [1.165, 1.54) is 11.8 Å². The molecule has 0 aliphatic heterocycles. The molecular weight excluding hydrogens is 328 g/mol. The van der Waals surface area contributed by atoms with Crippen LogP contribution in [-0.2, 0) is 19.1 Å². The Morgan fingerprint density at radius 1 is 1.17 bits per heavy atom. The van der Waals surface area contributed by atoms with Gasteiger partial charge in [-0.2, -0.15) is 10.5 Å². The number of carbonyl (C=O) groups excluding carboxylic acids is 2. The van der Waals surface area contributed by atoms with Gasteiger partial charge in [-0.1, -0.05) is 0 Å². The molecule has 0 aromatic heterocycles. The molecule has 1 rings (SSSR count). The largest absolute Gasteiger partial charge is 0.462 e. The maximum atomic E-state index is 12.0. The summed E-state index contributed by atoms with van der Waals surface area (Å²) in [5, 5.41) is 18.7. The smallest absolute Gasteiger partial charge is 0.349 e. The van der Waals surface area contributed by atoms with E-state index >= 15 is 0 Å². The lowest BCUT2D eigenvalue weighted by molar-refractivity contribution is -0.138. The molecule has 0 aromatic carbocycles. The SMILES string of the molecule is CCOC(=O)/C(C#N)=C1\CCC[C@H]1/C(SC)=C(/C#N)C(=O)OCC. The zero-order chi connectivity index (χ0) is 18.1. The van der Waals surface area contributed by atoms with Crippen molar-refractivity contribution in [2.24, 2.45) is 5.92 Å². The first-order chi connectivity index (χ1) is 11.5. The third kappa shape index (κ3) is 4.39. The number of hydrogen-bond acceptors (Lipinski definition) is 7. The van der Waals surface area contributed by atoms with Gasteiger partial charge in [0.05, 0.1) is 13.2 Å². The van der Waals surface area contributed by atoms with Crippen LogP contribution < -0.4 is 0 Å². The molecule has 0 aromatic rings. The highest BCUT2D eigenvalue weighted by Crippen LogP contribution is 2.43. The van der Waals surface area contributed by atoms with Crippen LogP contribution in [0.4, 0.5) is 0 Å². The number of ether oxygens (including phenoxy) is 2. The third-order valence-electron chi connectivity index (χ3n) is 3.65. The zero-order valence-electron chi connectivity index (χ0n) is 14.0. The van der Waals surface area contributed by atoms with Crippen LogP contribution in [0.1, 0.15) is 33.1 Å². The van der Waals surface area contributed by atoms with E-state index in [9.17, 15) is 20.1 Å². The number of rotatable bonds is 6. The van der Waals surface area contributed by atoms with Gasteiger partial charge >= 0.3 is 11.9 Å². The molecule has 0 spiro atoms. The second kappa shape index (κ2) is 9.79. The van der Waals surface area contributed by atoms with Crippen LogP contribution >= 0.6 is 11.8 Å². The first-order valence-electron chi connectivity index (χ1n) is 7.71. The van der Waals surface area contributed by atoms with Gasteiger partial charge in [-0.25, -0.2) is 9.59 Å². The molecule has 7 heteroatoms. The second-order valence-corrected chi connectivity index (χ2v) is 5.80. The van der Waals surface area contributed by atoms with Crippen molar-refractivity contribution in [1.82, 2.24) is 0 Å². The number of allylic oxidation sites excluding steroid dienone is 2. The van der Waals surface area contributed by atoms with E-state index in [2.05, 4.69) is 0 Å². The molecule has 24 heavy (non-hydrogen) atoms. The molecule has 6 nitrogen and oxygen atoms in total. The van der Waals surface area contributed by atoms with Crippen molar-refractivity contribution in [3.05, 3.63) is 21.6 Å². The highest BCUT2D eigenvalue weighted by molar-refractivity contribution is 8.02. The van der Waals surface area contributed by atoms with Crippen LogP contribution in [0.3, 0.4) is 0 Å². The fourth-order valence-electron chi connectivity index (χ4n) is 2.71. The minimum absolute atomic E-state index is 0.0213. The fourth-order valence-corrected chi connectivity index (χ4v) is 3.59. The molecule has 0 bridgehead atoms. The number of thioether (sulfide) groups is 1. The van der Waals surface area contributed by atoms with Gasteiger partial charge in [0, 0.05) is 10.8 Å². The molecule has 0 heterocycles. The normalized spacial score (nSPS) is 19.6. The van der Waals surface area contributed by atoms with Crippen LogP contribution in [0.2, 0.25) is 0 Å². The second-order valence-electron chi connectivity index (χ2n) is 4.95. The summed E-state index contributed by atoms with van der Waals surface area (Å²) in [6.45, 7) is 3.69. The van der Waals surface area contributed by atoms with Crippen molar-refractivity contribution in [1.29, 1.82) is 10.5 Å². The van der Waals surface area contributed by atoms with Gasteiger partial charge in [0.15, 0.2) is 0 Å². The first kappa shape index (κ1) is 19.8. The van der Waals surface area contributed by atoms with Crippen LogP contribution in [0.25, 0.3) is 0 Å². The molecular formula is C17H20N2O4S. The Hall–Kier alpha value is -2.25. The summed E-state index contributed by atoms with van der Waals surface area (Å²) in [5.74, 6) is -1.64. The summed E-state index contributed by atoms with van der Waals surface area (Å²) >= 11 is 1.27. The number of carbonyl (C=O) groups is 2. The summed E-state index contributed by atoms with van der Waals surface area (Å²) in [6.07, 6.45) is 3.77. The van der Waals surface area contributed by atoms with Gasteiger partial charge in [-0.15, -0.1) is 11.8 Å². The summed E-state index contributed by atoms with van der Waals surface area (Å²) in [5.41, 5.74) is 0.555. The highest BCUT2D eigenvalue weighted by atomic mass is 32.2. The Labute approximate surface area is 146 Å². The van der Waals surface area contributed by atoms with Crippen LogP contribution in [0.5, 0.6) is 0 Å². The van der Waals surface area contributed by atoms with Gasteiger partial charge in [0.1, 0.15) is 23.3 Å². The predicted molar refractivity (Wildman–Crippen MR) is 89.4 cm³/mol. The van der Waals surface area contributed by atoms with Gasteiger partial charge in [0.25, 0.3) is 0 Å².